The SMILES string of the molecule is CC(C)CNC(=O)c1ccc(C(=O)Nc2cc(Cl)cc(Cl)c2)cc1. The van der Waals surface area contributed by atoms with Crippen molar-refractivity contribution in [2.24, 2.45) is 5.92 Å². The van der Waals surface area contributed by atoms with E-state index < -0.39 is 0 Å². The molecule has 0 heterocycles. The van der Waals surface area contributed by atoms with Gasteiger partial charge in [-0.1, -0.05) is 37.0 Å². The Kier molecular flexibility index (Phi) is 6.23. The summed E-state index contributed by atoms with van der Waals surface area (Å²) < 4.78 is 0. The number of hydrogen-bond donors (Lipinski definition) is 2. The van der Waals surface area contributed by atoms with E-state index in [2.05, 4.69) is 10.6 Å². The molecule has 2 N–H and O–H groups in total. The zero-order valence-corrected chi connectivity index (χ0v) is 14.9. The molecule has 0 fully saturated rings. The number of carbonyl (C=O) groups excluding carboxylic acids is 2. The van der Waals surface area contributed by atoms with E-state index in [0.717, 1.165) is 0 Å². The zero-order chi connectivity index (χ0) is 17.7. The fourth-order valence-corrected chi connectivity index (χ4v) is 2.53. The molecule has 0 bridgehead atoms. The predicted octanol–water partition coefficient (Wildman–Crippen LogP) is 4.63. The van der Waals surface area contributed by atoms with Gasteiger partial charge < -0.3 is 10.6 Å². The molecule has 0 spiro atoms. The van der Waals surface area contributed by atoms with Crippen LogP contribution >= 0.6 is 23.2 Å². The Morgan fingerprint density at radius 1 is 0.917 bits per heavy atom. The van der Waals surface area contributed by atoms with Crippen LogP contribution in [0.25, 0.3) is 0 Å². The van der Waals surface area contributed by atoms with Crippen LogP contribution in [0.1, 0.15) is 34.6 Å². The maximum absolute atomic E-state index is 12.2. The fourth-order valence-electron chi connectivity index (χ4n) is 2.00. The lowest BCUT2D eigenvalue weighted by molar-refractivity contribution is 0.0947. The van der Waals surface area contributed by atoms with Gasteiger partial charge in [0.1, 0.15) is 0 Å². The normalized spacial score (nSPS) is 10.5. The van der Waals surface area contributed by atoms with Gasteiger partial charge in [-0.3, -0.25) is 9.59 Å². The molecule has 2 aromatic rings. The summed E-state index contributed by atoms with van der Waals surface area (Å²) in [6, 6.07) is 11.3. The highest BCUT2D eigenvalue weighted by atomic mass is 35.5. The smallest absolute Gasteiger partial charge is 0.255 e. The van der Waals surface area contributed by atoms with Gasteiger partial charge in [0, 0.05) is 33.4 Å². The van der Waals surface area contributed by atoms with Gasteiger partial charge in [0.15, 0.2) is 0 Å². The molecular formula is C18H18Cl2N2O2. The van der Waals surface area contributed by atoms with Crippen LogP contribution in [0.15, 0.2) is 42.5 Å². The Morgan fingerprint density at radius 2 is 1.42 bits per heavy atom. The molecule has 0 saturated carbocycles. The maximum atomic E-state index is 12.2. The average Bonchev–Trinajstić information content (AvgIpc) is 2.51. The van der Waals surface area contributed by atoms with Crippen molar-refractivity contribution in [2.45, 2.75) is 13.8 Å². The van der Waals surface area contributed by atoms with Crippen LogP contribution in [0.4, 0.5) is 5.69 Å². The minimum atomic E-state index is -0.303. The van der Waals surface area contributed by atoms with Crippen molar-refractivity contribution in [3.8, 4) is 0 Å². The van der Waals surface area contributed by atoms with E-state index in [1.54, 1.807) is 42.5 Å². The molecule has 0 saturated heterocycles. The quantitative estimate of drug-likeness (QED) is 0.812. The van der Waals surface area contributed by atoms with Gasteiger partial charge in [-0.25, -0.2) is 0 Å². The van der Waals surface area contributed by atoms with Gasteiger partial charge in [0.25, 0.3) is 11.8 Å². The van der Waals surface area contributed by atoms with E-state index in [-0.39, 0.29) is 11.8 Å². The number of hydrogen-bond acceptors (Lipinski definition) is 2. The predicted molar refractivity (Wildman–Crippen MR) is 98.0 cm³/mol. The van der Waals surface area contributed by atoms with E-state index in [1.807, 2.05) is 13.8 Å². The van der Waals surface area contributed by atoms with Crippen LogP contribution in [0, 0.1) is 5.92 Å². The van der Waals surface area contributed by atoms with Gasteiger partial charge in [-0.05, 0) is 48.4 Å². The number of benzene rings is 2. The molecule has 0 aromatic heterocycles. The van der Waals surface area contributed by atoms with E-state index >= 15 is 0 Å². The molecule has 24 heavy (non-hydrogen) atoms. The van der Waals surface area contributed by atoms with Crippen molar-refractivity contribution in [1.82, 2.24) is 5.32 Å². The Morgan fingerprint density at radius 3 is 1.92 bits per heavy atom. The minimum absolute atomic E-state index is 0.155. The highest BCUT2D eigenvalue weighted by molar-refractivity contribution is 6.35. The third-order valence-electron chi connectivity index (χ3n) is 3.20. The summed E-state index contributed by atoms with van der Waals surface area (Å²) >= 11 is 11.8. The lowest BCUT2D eigenvalue weighted by Crippen LogP contribution is -2.27. The second-order valence-electron chi connectivity index (χ2n) is 5.79. The topological polar surface area (TPSA) is 58.2 Å². The molecule has 2 aromatic carbocycles. The summed E-state index contributed by atoms with van der Waals surface area (Å²) in [6.45, 7) is 4.65. The number of rotatable bonds is 5. The Hall–Kier alpha value is -2.04. The molecule has 0 unspecified atom stereocenters. The molecular weight excluding hydrogens is 347 g/mol. The number of amides is 2. The summed E-state index contributed by atoms with van der Waals surface area (Å²) in [7, 11) is 0. The van der Waals surface area contributed by atoms with Gasteiger partial charge in [-0.2, -0.15) is 0 Å². The lowest BCUT2D eigenvalue weighted by Gasteiger charge is -2.09. The summed E-state index contributed by atoms with van der Waals surface area (Å²) in [5, 5.41) is 6.43. The average molecular weight is 365 g/mol. The first-order chi connectivity index (χ1) is 11.3. The monoisotopic (exact) mass is 364 g/mol. The van der Waals surface area contributed by atoms with Crippen LogP contribution < -0.4 is 10.6 Å². The van der Waals surface area contributed by atoms with Crippen molar-refractivity contribution in [2.75, 3.05) is 11.9 Å². The molecule has 2 rings (SSSR count). The van der Waals surface area contributed by atoms with Gasteiger partial charge in [0.05, 0.1) is 0 Å². The van der Waals surface area contributed by atoms with E-state index in [1.165, 1.54) is 0 Å². The number of nitrogens with one attached hydrogen (secondary N) is 2. The van der Waals surface area contributed by atoms with Crippen molar-refractivity contribution < 1.29 is 9.59 Å². The molecule has 0 aliphatic carbocycles. The molecule has 0 aliphatic rings. The highest BCUT2D eigenvalue weighted by Gasteiger charge is 2.10. The van der Waals surface area contributed by atoms with Crippen molar-refractivity contribution in [1.29, 1.82) is 0 Å². The standard InChI is InChI=1S/C18H18Cl2N2O2/c1-11(2)10-21-17(23)12-3-5-13(6-4-12)18(24)22-16-8-14(19)7-15(20)9-16/h3-9,11H,10H2,1-2H3,(H,21,23)(H,22,24). The molecule has 2 amide bonds. The maximum Gasteiger partial charge on any atom is 0.255 e. The van der Waals surface area contributed by atoms with Crippen LogP contribution in [0.3, 0.4) is 0 Å². The van der Waals surface area contributed by atoms with Crippen LogP contribution in [-0.4, -0.2) is 18.4 Å². The highest BCUT2D eigenvalue weighted by Crippen LogP contribution is 2.23. The first kappa shape index (κ1) is 18.3. The van der Waals surface area contributed by atoms with Gasteiger partial charge in [-0.15, -0.1) is 0 Å². The van der Waals surface area contributed by atoms with Gasteiger partial charge >= 0.3 is 0 Å². The lowest BCUT2D eigenvalue weighted by atomic mass is 10.1. The molecule has 0 aliphatic heterocycles. The van der Waals surface area contributed by atoms with Gasteiger partial charge in [0.2, 0.25) is 0 Å². The number of halogens is 2. The first-order valence-electron chi connectivity index (χ1n) is 7.51. The summed E-state index contributed by atoms with van der Waals surface area (Å²) in [5.74, 6) is -0.0803. The van der Waals surface area contributed by atoms with Crippen LogP contribution in [0.2, 0.25) is 10.0 Å². The molecule has 4 nitrogen and oxygen atoms in total. The summed E-state index contributed by atoms with van der Waals surface area (Å²) in [6.07, 6.45) is 0. The largest absolute Gasteiger partial charge is 0.352 e. The summed E-state index contributed by atoms with van der Waals surface area (Å²) in [4.78, 5) is 24.2. The number of anilines is 1. The zero-order valence-electron chi connectivity index (χ0n) is 13.4. The molecule has 0 atom stereocenters. The molecule has 126 valence electrons. The number of carbonyl (C=O) groups is 2. The third-order valence-corrected chi connectivity index (χ3v) is 3.64. The second kappa shape index (κ2) is 8.18. The second-order valence-corrected chi connectivity index (χ2v) is 6.67. The van der Waals surface area contributed by atoms with E-state index in [9.17, 15) is 9.59 Å². The van der Waals surface area contributed by atoms with E-state index in [0.29, 0.717) is 39.3 Å². The fraction of sp³-hybridized carbons (Fsp3) is 0.222. The van der Waals surface area contributed by atoms with Crippen molar-refractivity contribution in [3.05, 3.63) is 63.6 Å². The van der Waals surface area contributed by atoms with Crippen molar-refractivity contribution >= 4 is 40.7 Å². The summed E-state index contributed by atoms with van der Waals surface area (Å²) in [5.41, 5.74) is 1.46. The Bertz CT molecular complexity index is 723. The van der Waals surface area contributed by atoms with E-state index in [4.69, 9.17) is 23.2 Å². The molecule has 6 heteroatoms. The minimum Gasteiger partial charge on any atom is -0.352 e. The third kappa shape index (κ3) is 5.25. The molecule has 0 radical (unpaired) electrons. The Labute approximate surface area is 151 Å². The van der Waals surface area contributed by atoms with Crippen LogP contribution in [0.5, 0.6) is 0 Å². The first-order valence-corrected chi connectivity index (χ1v) is 8.26. The van der Waals surface area contributed by atoms with Crippen LogP contribution in [-0.2, 0) is 0 Å². The Balaban J connectivity index is 2.04. The van der Waals surface area contributed by atoms with Crippen molar-refractivity contribution in [3.63, 3.8) is 0 Å².